The van der Waals surface area contributed by atoms with Gasteiger partial charge in [-0.25, -0.2) is 0 Å². The van der Waals surface area contributed by atoms with Crippen molar-refractivity contribution >= 4 is 28.5 Å². The van der Waals surface area contributed by atoms with Gasteiger partial charge >= 0.3 is 12.1 Å². The predicted molar refractivity (Wildman–Crippen MR) is 61.3 cm³/mol. The summed E-state index contributed by atoms with van der Waals surface area (Å²) in [6.45, 7) is -1.89. The Morgan fingerprint density at radius 3 is 2.45 bits per heavy atom. The Bertz CT molecular complexity index is 477. The van der Waals surface area contributed by atoms with E-state index in [1.54, 1.807) is 0 Å². The molecule has 1 amide bonds. The Labute approximate surface area is 118 Å². The molecule has 0 spiro atoms. The fraction of sp³-hybridized carbons (Fsp3) is 0.625. The van der Waals surface area contributed by atoms with Crippen LogP contribution in [0, 0.1) is 0 Å². The number of nitrogens with zero attached hydrogens (tertiary/aromatic N) is 3. The normalized spacial score (nSPS) is 12.3. The van der Waals surface area contributed by atoms with Crippen LogP contribution >= 0.6 is 23.3 Å². The van der Waals surface area contributed by atoms with E-state index in [4.69, 9.17) is 0 Å². The molecule has 0 aliphatic heterocycles. The maximum atomic E-state index is 12.6. The van der Waals surface area contributed by atoms with Crippen LogP contribution in [-0.4, -0.2) is 52.3 Å². The quantitative estimate of drug-likeness (QED) is 0.625. The lowest BCUT2D eigenvalue weighted by molar-refractivity contribution is -0.290. The molecule has 1 aromatic rings. The predicted octanol–water partition coefficient (Wildman–Crippen LogP) is 2.89. The van der Waals surface area contributed by atoms with E-state index < -0.39 is 29.1 Å². The van der Waals surface area contributed by atoms with Crippen LogP contribution < -0.4 is 4.74 Å². The van der Waals surface area contributed by atoms with Crippen molar-refractivity contribution < 1.29 is 31.5 Å². The number of carbonyl (C=O) groups excluding carboxylic acids is 1. The van der Waals surface area contributed by atoms with Crippen LogP contribution in [0.4, 0.5) is 26.7 Å². The van der Waals surface area contributed by atoms with Crippen molar-refractivity contribution in [3.8, 4) is 5.19 Å². The standard InChI is InChI=1S/C8H8F5N3O2S2/c1-16(2)6(17)19-4-14-5(20-15-4)18-3-7(9,10)8(11,12)13/h3H2,1-2H3. The number of carbonyl (C=O) groups is 1. The van der Waals surface area contributed by atoms with E-state index in [1.165, 1.54) is 19.0 Å². The van der Waals surface area contributed by atoms with Crippen LogP contribution in [-0.2, 0) is 0 Å². The lowest BCUT2D eigenvalue weighted by atomic mass is 10.3. The van der Waals surface area contributed by atoms with E-state index in [0.29, 0.717) is 23.3 Å². The van der Waals surface area contributed by atoms with Crippen molar-refractivity contribution in [3.63, 3.8) is 0 Å². The van der Waals surface area contributed by atoms with Crippen LogP contribution in [0.3, 0.4) is 0 Å². The van der Waals surface area contributed by atoms with Crippen molar-refractivity contribution in [3.05, 3.63) is 0 Å². The molecule has 20 heavy (non-hydrogen) atoms. The minimum Gasteiger partial charge on any atom is -0.462 e. The summed E-state index contributed by atoms with van der Waals surface area (Å²) >= 11 is 1.08. The van der Waals surface area contributed by atoms with Crippen molar-refractivity contribution in [1.29, 1.82) is 0 Å². The Morgan fingerprint density at radius 1 is 1.35 bits per heavy atom. The molecule has 1 aromatic heterocycles. The average molecular weight is 337 g/mol. The zero-order valence-electron chi connectivity index (χ0n) is 10.1. The molecule has 0 saturated heterocycles. The number of halogens is 5. The molecule has 5 nitrogen and oxygen atoms in total. The van der Waals surface area contributed by atoms with Crippen LogP contribution in [0.5, 0.6) is 5.19 Å². The maximum absolute atomic E-state index is 12.6. The molecule has 0 fully saturated rings. The molecule has 0 bridgehead atoms. The smallest absolute Gasteiger partial charge is 0.456 e. The number of amides is 1. The summed E-state index contributed by atoms with van der Waals surface area (Å²) in [5.74, 6) is -4.98. The van der Waals surface area contributed by atoms with Crippen LogP contribution in [0.2, 0.25) is 0 Å². The summed E-state index contributed by atoms with van der Waals surface area (Å²) < 4.78 is 68.7. The number of thioether (sulfide) groups is 1. The van der Waals surface area contributed by atoms with Gasteiger partial charge in [-0.15, -0.1) is 0 Å². The molecular weight excluding hydrogens is 329 g/mol. The molecule has 1 rings (SSSR count). The average Bonchev–Trinajstić information content (AvgIpc) is 2.72. The highest BCUT2D eigenvalue weighted by molar-refractivity contribution is 8.13. The first kappa shape index (κ1) is 16.9. The van der Waals surface area contributed by atoms with Gasteiger partial charge in [-0.1, -0.05) is 0 Å². The van der Waals surface area contributed by atoms with Crippen molar-refractivity contribution in [2.24, 2.45) is 0 Å². The minimum atomic E-state index is -5.70. The molecule has 114 valence electrons. The van der Waals surface area contributed by atoms with Crippen molar-refractivity contribution in [1.82, 2.24) is 14.3 Å². The summed E-state index contributed by atoms with van der Waals surface area (Å²) in [7, 11) is 2.95. The third kappa shape index (κ3) is 4.44. The highest BCUT2D eigenvalue weighted by Gasteiger charge is 2.58. The van der Waals surface area contributed by atoms with E-state index in [-0.39, 0.29) is 5.16 Å². The molecule has 0 atom stereocenters. The van der Waals surface area contributed by atoms with E-state index >= 15 is 0 Å². The second-order valence-corrected chi connectivity index (χ2v) is 5.23. The number of ether oxygens (including phenoxy) is 1. The Kier molecular flexibility index (Phi) is 5.13. The monoisotopic (exact) mass is 337 g/mol. The first-order valence-electron chi connectivity index (χ1n) is 4.83. The summed E-state index contributed by atoms with van der Waals surface area (Å²) in [4.78, 5) is 16.0. The van der Waals surface area contributed by atoms with Crippen molar-refractivity contribution in [2.75, 3.05) is 20.7 Å². The van der Waals surface area contributed by atoms with E-state index in [0.717, 1.165) is 0 Å². The molecule has 0 unspecified atom stereocenters. The number of rotatable bonds is 4. The second-order valence-electron chi connectivity index (χ2n) is 3.60. The fourth-order valence-electron chi connectivity index (χ4n) is 0.701. The molecule has 0 aliphatic carbocycles. The second kappa shape index (κ2) is 6.08. The third-order valence-corrected chi connectivity index (χ3v) is 3.37. The molecule has 0 radical (unpaired) electrons. The van der Waals surface area contributed by atoms with Gasteiger partial charge in [0.05, 0.1) is 0 Å². The number of alkyl halides is 5. The molecule has 12 heteroatoms. The highest BCUT2D eigenvalue weighted by atomic mass is 32.2. The zero-order chi connectivity index (χ0) is 15.6. The van der Waals surface area contributed by atoms with Gasteiger partial charge < -0.3 is 9.64 Å². The molecule has 0 aliphatic rings. The number of aromatic nitrogens is 2. The van der Waals surface area contributed by atoms with E-state index in [9.17, 15) is 26.7 Å². The fourth-order valence-corrected chi connectivity index (χ4v) is 1.92. The SMILES string of the molecule is CN(C)C(=O)Sc1nsc(OCC(F)(F)C(F)(F)F)n1. The summed E-state index contributed by atoms with van der Waals surface area (Å²) in [6, 6.07) is 0. The van der Waals surface area contributed by atoms with Gasteiger partial charge in [-0.2, -0.15) is 31.3 Å². The van der Waals surface area contributed by atoms with Gasteiger partial charge in [0.15, 0.2) is 6.61 Å². The highest BCUT2D eigenvalue weighted by Crippen LogP contribution is 2.36. The lowest BCUT2D eigenvalue weighted by Gasteiger charge is -2.18. The van der Waals surface area contributed by atoms with Gasteiger partial charge in [0.25, 0.3) is 10.4 Å². The first-order valence-corrected chi connectivity index (χ1v) is 6.42. The van der Waals surface area contributed by atoms with Gasteiger partial charge in [-0.05, 0) is 0 Å². The van der Waals surface area contributed by atoms with Gasteiger partial charge in [0.1, 0.15) is 0 Å². The maximum Gasteiger partial charge on any atom is 0.456 e. The number of hydrogen-bond acceptors (Lipinski definition) is 6. The molecule has 0 N–H and O–H groups in total. The largest absolute Gasteiger partial charge is 0.462 e. The van der Waals surface area contributed by atoms with Gasteiger partial charge in [0.2, 0.25) is 5.16 Å². The van der Waals surface area contributed by atoms with Gasteiger partial charge in [-0.3, -0.25) is 4.79 Å². The Balaban J connectivity index is 2.59. The van der Waals surface area contributed by atoms with Crippen LogP contribution in [0.25, 0.3) is 0 Å². The Hall–Kier alpha value is -1.17. The Morgan fingerprint density at radius 2 is 1.95 bits per heavy atom. The summed E-state index contributed by atoms with van der Waals surface area (Å²) in [5.41, 5.74) is 0. The molecule has 0 saturated carbocycles. The minimum absolute atomic E-state index is 0.0842. The topological polar surface area (TPSA) is 55.3 Å². The van der Waals surface area contributed by atoms with E-state index in [1.807, 2.05) is 0 Å². The molecule has 1 heterocycles. The summed E-state index contributed by atoms with van der Waals surface area (Å²) in [6.07, 6.45) is -5.70. The lowest BCUT2D eigenvalue weighted by Crippen LogP contribution is -2.41. The number of hydrogen-bond donors (Lipinski definition) is 0. The molecular formula is C8H8F5N3O2S2. The first-order chi connectivity index (χ1) is 9.03. The summed E-state index contributed by atoms with van der Waals surface area (Å²) in [5, 5.41) is -0.975. The van der Waals surface area contributed by atoms with Crippen LogP contribution in [0.1, 0.15) is 0 Å². The zero-order valence-corrected chi connectivity index (χ0v) is 11.7. The van der Waals surface area contributed by atoms with E-state index in [2.05, 4.69) is 14.1 Å². The van der Waals surface area contributed by atoms with Crippen molar-refractivity contribution in [2.45, 2.75) is 17.3 Å². The molecule has 0 aromatic carbocycles. The van der Waals surface area contributed by atoms with Crippen LogP contribution in [0.15, 0.2) is 5.16 Å². The van der Waals surface area contributed by atoms with Gasteiger partial charge in [0, 0.05) is 37.4 Å². The third-order valence-electron chi connectivity index (χ3n) is 1.72.